The van der Waals surface area contributed by atoms with Crippen molar-refractivity contribution in [1.82, 2.24) is 5.32 Å². The molecule has 1 saturated carbocycles. The highest BCUT2D eigenvalue weighted by Crippen LogP contribution is 2.40. The Morgan fingerprint density at radius 2 is 2.14 bits per heavy atom. The quantitative estimate of drug-likeness (QED) is 0.907. The lowest BCUT2D eigenvalue weighted by molar-refractivity contribution is -0.122. The van der Waals surface area contributed by atoms with Crippen LogP contribution in [-0.2, 0) is 14.6 Å². The molecule has 0 radical (unpaired) electrons. The van der Waals surface area contributed by atoms with Gasteiger partial charge in [-0.2, -0.15) is 0 Å². The zero-order valence-corrected chi connectivity index (χ0v) is 13.5. The molecular weight excluding hydrogens is 298 g/mol. The topological polar surface area (TPSA) is 63.2 Å². The molecule has 1 aromatic carbocycles. The number of carbonyl (C=O) groups is 1. The summed E-state index contributed by atoms with van der Waals surface area (Å²) in [6.45, 7) is 1.96. The van der Waals surface area contributed by atoms with Crippen LogP contribution in [0.25, 0.3) is 0 Å². The first kappa shape index (κ1) is 15.3. The predicted molar refractivity (Wildman–Crippen MR) is 86.0 cm³/mol. The maximum absolute atomic E-state index is 12.1. The van der Waals surface area contributed by atoms with Crippen LogP contribution in [0, 0.1) is 5.92 Å². The van der Waals surface area contributed by atoms with E-state index >= 15 is 0 Å². The Morgan fingerprint density at radius 3 is 2.77 bits per heavy atom. The van der Waals surface area contributed by atoms with Crippen molar-refractivity contribution in [2.24, 2.45) is 5.92 Å². The average Bonchev–Trinajstić information content (AvgIpc) is 3.24. The zero-order chi connectivity index (χ0) is 15.7. The van der Waals surface area contributed by atoms with Crippen molar-refractivity contribution < 1.29 is 13.2 Å². The molecule has 1 heterocycles. The molecule has 118 valence electrons. The second-order valence-corrected chi connectivity index (χ2v) is 8.29. The molecule has 0 saturated heterocycles. The van der Waals surface area contributed by atoms with E-state index in [2.05, 4.69) is 17.4 Å². The predicted octanol–water partition coefficient (Wildman–Crippen LogP) is 2.69. The van der Waals surface area contributed by atoms with Gasteiger partial charge in [-0.1, -0.05) is 30.3 Å². The van der Waals surface area contributed by atoms with Crippen LogP contribution in [0.3, 0.4) is 0 Å². The summed E-state index contributed by atoms with van der Waals surface area (Å²) in [5.41, 5.74) is 2.45. The smallest absolute Gasteiger partial charge is 0.221 e. The first-order chi connectivity index (χ1) is 10.4. The number of sulfone groups is 1. The van der Waals surface area contributed by atoms with Crippen molar-refractivity contribution in [3.8, 4) is 0 Å². The Balaban J connectivity index is 1.57. The molecule has 0 aromatic heterocycles. The lowest BCUT2D eigenvalue weighted by atomic mass is 10.0. The van der Waals surface area contributed by atoms with Gasteiger partial charge in [-0.15, -0.1) is 0 Å². The van der Waals surface area contributed by atoms with E-state index in [1.54, 1.807) is 6.08 Å². The van der Waals surface area contributed by atoms with Crippen LogP contribution >= 0.6 is 0 Å². The second kappa shape index (κ2) is 5.88. The van der Waals surface area contributed by atoms with E-state index in [4.69, 9.17) is 0 Å². The number of rotatable bonds is 5. The van der Waals surface area contributed by atoms with Crippen LogP contribution in [-0.4, -0.2) is 20.1 Å². The van der Waals surface area contributed by atoms with Crippen molar-refractivity contribution in [2.75, 3.05) is 5.75 Å². The maximum Gasteiger partial charge on any atom is 0.221 e. The molecule has 1 aliphatic carbocycles. The number of allylic oxidation sites excluding steroid dienone is 1. The van der Waals surface area contributed by atoms with Gasteiger partial charge in [0, 0.05) is 17.7 Å². The van der Waals surface area contributed by atoms with E-state index in [0.717, 1.165) is 5.56 Å². The van der Waals surface area contributed by atoms with Crippen molar-refractivity contribution >= 4 is 15.7 Å². The third-order valence-electron chi connectivity index (χ3n) is 4.29. The highest BCUT2D eigenvalue weighted by atomic mass is 32.2. The monoisotopic (exact) mass is 319 g/mol. The Bertz CT molecular complexity index is 704. The molecule has 2 atom stereocenters. The molecule has 22 heavy (non-hydrogen) atoms. The molecular formula is C17H21NO3S. The van der Waals surface area contributed by atoms with Crippen molar-refractivity contribution in [3.05, 3.63) is 46.9 Å². The molecule has 1 fully saturated rings. The highest BCUT2D eigenvalue weighted by Gasteiger charge is 2.25. The van der Waals surface area contributed by atoms with Crippen molar-refractivity contribution in [1.29, 1.82) is 0 Å². The molecule has 3 rings (SSSR count). The standard InChI is InChI=1S/C17H21NO3S/c1-12(15-3-2-4-16(10-15)14-5-6-14)18-17(19)9-13-7-8-22(20,21)11-13/h2-4,7-8,10,12-14H,5-6,9,11H2,1H3,(H,18,19). The van der Waals surface area contributed by atoms with Crippen molar-refractivity contribution in [3.63, 3.8) is 0 Å². The van der Waals surface area contributed by atoms with E-state index in [1.165, 1.54) is 23.8 Å². The maximum atomic E-state index is 12.1. The first-order valence-corrected chi connectivity index (χ1v) is 9.45. The fourth-order valence-corrected chi connectivity index (χ4v) is 4.29. The van der Waals surface area contributed by atoms with E-state index in [1.807, 2.05) is 19.1 Å². The summed E-state index contributed by atoms with van der Waals surface area (Å²) in [4.78, 5) is 12.1. The molecule has 1 aromatic rings. The normalized spacial score (nSPS) is 24.1. The van der Waals surface area contributed by atoms with Gasteiger partial charge in [0.05, 0.1) is 11.8 Å². The van der Waals surface area contributed by atoms with Crippen LogP contribution in [0.5, 0.6) is 0 Å². The molecule has 2 aliphatic rings. The lowest BCUT2D eigenvalue weighted by Crippen LogP contribution is -2.28. The fraction of sp³-hybridized carbons (Fsp3) is 0.471. The summed E-state index contributed by atoms with van der Waals surface area (Å²) < 4.78 is 22.7. The second-order valence-electron chi connectivity index (χ2n) is 6.36. The van der Waals surface area contributed by atoms with Crippen LogP contribution < -0.4 is 5.32 Å². The summed E-state index contributed by atoms with van der Waals surface area (Å²) in [7, 11) is -3.09. The minimum Gasteiger partial charge on any atom is -0.350 e. The summed E-state index contributed by atoms with van der Waals surface area (Å²) >= 11 is 0. The van der Waals surface area contributed by atoms with Crippen LogP contribution in [0.4, 0.5) is 0 Å². The molecule has 0 spiro atoms. The number of hydrogen-bond acceptors (Lipinski definition) is 3. The molecule has 2 unspecified atom stereocenters. The van der Waals surface area contributed by atoms with Gasteiger partial charge in [-0.05, 0) is 36.8 Å². The van der Waals surface area contributed by atoms with Gasteiger partial charge >= 0.3 is 0 Å². The summed E-state index contributed by atoms with van der Waals surface area (Å²) in [5.74, 6) is 0.439. The molecule has 1 aliphatic heterocycles. The number of nitrogens with one attached hydrogen (secondary N) is 1. The third kappa shape index (κ3) is 3.77. The largest absolute Gasteiger partial charge is 0.350 e. The van der Waals surface area contributed by atoms with Gasteiger partial charge in [-0.25, -0.2) is 8.42 Å². The van der Waals surface area contributed by atoms with Crippen LogP contribution in [0.1, 0.15) is 49.3 Å². The Morgan fingerprint density at radius 1 is 1.36 bits per heavy atom. The van der Waals surface area contributed by atoms with Gasteiger partial charge < -0.3 is 5.32 Å². The molecule has 4 nitrogen and oxygen atoms in total. The van der Waals surface area contributed by atoms with E-state index in [-0.39, 0.29) is 30.0 Å². The van der Waals surface area contributed by atoms with Gasteiger partial charge in [-0.3, -0.25) is 4.79 Å². The van der Waals surface area contributed by atoms with Gasteiger partial charge in [0.25, 0.3) is 0 Å². The van der Waals surface area contributed by atoms with Gasteiger partial charge in [0.1, 0.15) is 0 Å². The van der Waals surface area contributed by atoms with Crippen LogP contribution in [0.2, 0.25) is 0 Å². The SMILES string of the molecule is CC(NC(=O)CC1C=CS(=O)(=O)C1)c1cccc(C2CC2)c1. The third-order valence-corrected chi connectivity index (χ3v) is 5.75. The van der Waals surface area contributed by atoms with Gasteiger partial charge in [0.2, 0.25) is 5.91 Å². The Hall–Kier alpha value is -1.62. The van der Waals surface area contributed by atoms with E-state index in [9.17, 15) is 13.2 Å². The zero-order valence-electron chi connectivity index (χ0n) is 12.7. The lowest BCUT2D eigenvalue weighted by Gasteiger charge is -2.16. The number of carbonyl (C=O) groups excluding carboxylic acids is 1. The van der Waals surface area contributed by atoms with E-state index in [0.29, 0.717) is 5.92 Å². The first-order valence-electron chi connectivity index (χ1n) is 7.73. The fourth-order valence-electron chi connectivity index (χ4n) is 2.89. The Kier molecular flexibility index (Phi) is 4.08. The van der Waals surface area contributed by atoms with Gasteiger partial charge in [0.15, 0.2) is 9.84 Å². The number of amides is 1. The average molecular weight is 319 g/mol. The molecule has 1 N–H and O–H groups in total. The minimum absolute atomic E-state index is 0.0476. The highest BCUT2D eigenvalue weighted by molar-refractivity contribution is 7.94. The molecule has 0 bridgehead atoms. The summed E-state index contributed by atoms with van der Waals surface area (Å²) in [6.07, 6.45) is 4.36. The summed E-state index contributed by atoms with van der Waals surface area (Å²) in [5, 5.41) is 4.19. The van der Waals surface area contributed by atoms with E-state index < -0.39 is 9.84 Å². The summed E-state index contributed by atoms with van der Waals surface area (Å²) in [6, 6.07) is 8.31. The molecule has 5 heteroatoms. The van der Waals surface area contributed by atoms with Crippen LogP contribution in [0.15, 0.2) is 35.7 Å². The molecule has 1 amide bonds. The van der Waals surface area contributed by atoms with Crippen molar-refractivity contribution in [2.45, 2.75) is 38.1 Å². The Labute approximate surface area is 131 Å². The minimum atomic E-state index is -3.09. The number of hydrogen-bond donors (Lipinski definition) is 1. The number of benzene rings is 1.